The van der Waals surface area contributed by atoms with E-state index in [4.69, 9.17) is 0 Å². The summed E-state index contributed by atoms with van der Waals surface area (Å²) in [6, 6.07) is 19.1. The quantitative estimate of drug-likeness (QED) is 0.772. The van der Waals surface area contributed by atoms with Gasteiger partial charge in [0.05, 0.1) is 29.9 Å². The fourth-order valence-electron chi connectivity index (χ4n) is 3.55. The normalized spacial score (nSPS) is 17.7. The Balaban J connectivity index is 1.70. The lowest BCUT2D eigenvalue weighted by atomic mass is 10.0. The Labute approximate surface area is 166 Å². The van der Waals surface area contributed by atoms with Gasteiger partial charge in [-0.2, -0.15) is 5.26 Å². The molecule has 1 saturated heterocycles. The highest BCUT2D eigenvalue weighted by atomic mass is 16.3. The number of hydrogen-bond acceptors (Lipinski definition) is 5. The average molecular weight is 378 g/mol. The van der Waals surface area contributed by atoms with Crippen LogP contribution in [0.2, 0.25) is 0 Å². The number of β-amino-alcohol motifs (C(OH)–C–C–N with tert-alkyl or cyclic N) is 1. The lowest BCUT2D eigenvalue weighted by Gasteiger charge is -2.32. The molecule has 146 valence electrons. The zero-order valence-electron chi connectivity index (χ0n) is 16.1. The number of benzene rings is 2. The van der Waals surface area contributed by atoms with Crippen LogP contribution in [0.4, 0.5) is 5.69 Å². The van der Waals surface area contributed by atoms with Crippen LogP contribution in [0.25, 0.3) is 0 Å². The van der Waals surface area contributed by atoms with Gasteiger partial charge in [0.2, 0.25) is 5.91 Å². The largest absolute Gasteiger partial charge is 0.392 e. The Morgan fingerprint density at radius 1 is 1.29 bits per heavy atom. The minimum Gasteiger partial charge on any atom is -0.392 e. The van der Waals surface area contributed by atoms with E-state index in [9.17, 15) is 15.2 Å². The van der Waals surface area contributed by atoms with E-state index in [1.165, 1.54) is 0 Å². The number of hydrogen-bond donors (Lipinski definition) is 2. The molecule has 0 radical (unpaired) electrons. The molecule has 2 atom stereocenters. The van der Waals surface area contributed by atoms with Crippen molar-refractivity contribution >= 4 is 11.6 Å². The highest BCUT2D eigenvalue weighted by Gasteiger charge is 2.28. The van der Waals surface area contributed by atoms with Crippen LogP contribution < -0.4 is 5.32 Å². The summed E-state index contributed by atoms with van der Waals surface area (Å²) in [7, 11) is 1.81. The van der Waals surface area contributed by atoms with E-state index in [1.807, 2.05) is 43.4 Å². The van der Waals surface area contributed by atoms with Crippen molar-refractivity contribution in [2.24, 2.45) is 0 Å². The van der Waals surface area contributed by atoms with Crippen LogP contribution in [0.3, 0.4) is 0 Å². The van der Waals surface area contributed by atoms with Crippen LogP contribution >= 0.6 is 0 Å². The average Bonchev–Trinajstić information content (AvgIpc) is 3.15. The molecule has 0 bridgehead atoms. The summed E-state index contributed by atoms with van der Waals surface area (Å²) in [6.45, 7) is 2.26. The molecule has 0 spiro atoms. The van der Waals surface area contributed by atoms with Gasteiger partial charge in [0.1, 0.15) is 6.07 Å². The van der Waals surface area contributed by atoms with E-state index in [0.29, 0.717) is 24.3 Å². The molecular weight excluding hydrogens is 352 g/mol. The molecule has 1 amide bonds. The number of nitrogens with one attached hydrogen (secondary N) is 1. The topological polar surface area (TPSA) is 79.6 Å². The van der Waals surface area contributed by atoms with Crippen molar-refractivity contribution in [1.82, 2.24) is 9.80 Å². The van der Waals surface area contributed by atoms with E-state index in [2.05, 4.69) is 16.3 Å². The number of aliphatic hydroxyl groups is 1. The first kappa shape index (κ1) is 19.9. The lowest BCUT2D eigenvalue weighted by Crippen LogP contribution is -2.41. The third kappa shape index (κ3) is 4.89. The van der Waals surface area contributed by atoms with Crippen molar-refractivity contribution in [3.8, 4) is 6.07 Å². The summed E-state index contributed by atoms with van der Waals surface area (Å²) in [5.41, 5.74) is 2.24. The fourth-order valence-corrected chi connectivity index (χ4v) is 3.55. The summed E-state index contributed by atoms with van der Waals surface area (Å²) >= 11 is 0. The second-order valence-electron chi connectivity index (χ2n) is 7.14. The van der Waals surface area contributed by atoms with Crippen LogP contribution in [0, 0.1) is 11.3 Å². The van der Waals surface area contributed by atoms with Gasteiger partial charge in [-0.3, -0.25) is 9.69 Å². The molecule has 0 saturated carbocycles. The zero-order valence-corrected chi connectivity index (χ0v) is 16.1. The first-order chi connectivity index (χ1) is 13.6. The molecule has 2 N–H and O–H groups in total. The number of carbonyl (C=O) groups is 1. The number of nitrogens with zero attached hydrogens (tertiary/aromatic N) is 3. The summed E-state index contributed by atoms with van der Waals surface area (Å²) in [6.07, 6.45) is 0.479. The van der Waals surface area contributed by atoms with Crippen LogP contribution in [-0.2, 0) is 4.79 Å². The summed E-state index contributed by atoms with van der Waals surface area (Å²) in [5.74, 6) is -0.0543. The van der Waals surface area contributed by atoms with Gasteiger partial charge < -0.3 is 15.3 Å². The Bertz CT molecular complexity index is 834. The molecule has 0 aromatic heterocycles. The van der Waals surface area contributed by atoms with Crippen molar-refractivity contribution in [1.29, 1.82) is 5.26 Å². The van der Waals surface area contributed by atoms with Crippen molar-refractivity contribution < 1.29 is 9.90 Å². The van der Waals surface area contributed by atoms with Gasteiger partial charge in [-0.25, -0.2) is 0 Å². The summed E-state index contributed by atoms with van der Waals surface area (Å²) < 4.78 is 0. The van der Waals surface area contributed by atoms with Crippen molar-refractivity contribution in [3.63, 3.8) is 0 Å². The lowest BCUT2D eigenvalue weighted by molar-refractivity contribution is -0.130. The maximum absolute atomic E-state index is 12.9. The molecule has 6 heteroatoms. The number of rotatable bonds is 7. The molecule has 1 aliphatic heterocycles. The first-order valence-corrected chi connectivity index (χ1v) is 9.52. The smallest absolute Gasteiger partial charge is 0.242 e. The number of likely N-dealkylation sites (N-methyl/N-ethyl adjacent to an activating group) is 1. The van der Waals surface area contributed by atoms with E-state index in [-0.39, 0.29) is 24.6 Å². The highest BCUT2D eigenvalue weighted by Crippen LogP contribution is 2.23. The summed E-state index contributed by atoms with van der Waals surface area (Å²) in [4.78, 5) is 16.8. The molecule has 3 rings (SSSR count). The molecule has 28 heavy (non-hydrogen) atoms. The van der Waals surface area contributed by atoms with Gasteiger partial charge in [-0.15, -0.1) is 0 Å². The van der Waals surface area contributed by atoms with Crippen LogP contribution in [0.1, 0.15) is 23.6 Å². The van der Waals surface area contributed by atoms with Crippen LogP contribution in [0.5, 0.6) is 0 Å². The molecule has 6 nitrogen and oxygen atoms in total. The number of likely N-dealkylation sites (tertiary alicyclic amines) is 1. The highest BCUT2D eigenvalue weighted by molar-refractivity contribution is 5.81. The SMILES string of the molecule is CN(C(=O)CNc1ccccc1C#N)[C@H](CN1CCC(O)C1)c1ccccc1. The van der Waals surface area contributed by atoms with Crippen LogP contribution in [0.15, 0.2) is 54.6 Å². The first-order valence-electron chi connectivity index (χ1n) is 9.52. The number of aliphatic hydroxyl groups excluding tert-OH is 1. The van der Waals surface area contributed by atoms with Crippen molar-refractivity contribution in [2.45, 2.75) is 18.6 Å². The van der Waals surface area contributed by atoms with Gasteiger partial charge >= 0.3 is 0 Å². The number of carbonyl (C=O) groups excluding carboxylic acids is 1. The number of amides is 1. The number of nitriles is 1. The van der Waals surface area contributed by atoms with Gasteiger partial charge in [0, 0.05) is 26.7 Å². The molecule has 1 unspecified atom stereocenters. The second-order valence-corrected chi connectivity index (χ2v) is 7.14. The number of anilines is 1. The third-order valence-corrected chi connectivity index (χ3v) is 5.20. The Kier molecular flexibility index (Phi) is 6.64. The molecule has 2 aromatic carbocycles. The van der Waals surface area contributed by atoms with Crippen molar-refractivity contribution in [2.75, 3.05) is 38.5 Å². The minimum atomic E-state index is -0.290. The minimum absolute atomic E-state index is 0.0543. The molecule has 1 fully saturated rings. The zero-order chi connectivity index (χ0) is 19.9. The van der Waals surface area contributed by atoms with E-state index < -0.39 is 0 Å². The van der Waals surface area contributed by atoms with Gasteiger partial charge in [0.15, 0.2) is 0 Å². The Morgan fingerprint density at radius 2 is 2.00 bits per heavy atom. The van der Waals surface area contributed by atoms with E-state index >= 15 is 0 Å². The van der Waals surface area contributed by atoms with Gasteiger partial charge in [-0.05, 0) is 24.1 Å². The van der Waals surface area contributed by atoms with Gasteiger partial charge in [-0.1, -0.05) is 42.5 Å². The molecule has 0 aliphatic carbocycles. The van der Waals surface area contributed by atoms with E-state index in [1.54, 1.807) is 23.1 Å². The molecule has 1 heterocycles. The standard InChI is InChI=1S/C22H26N4O2/c1-25(22(28)14-24-20-10-6-5-9-18(20)13-23)21(17-7-3-2-4-8-17)16-26-12-11-19(27)15-26/h2-10,19,21,24,27H,11-12,14-16H2,1H3/t19?,21-/m1/s1. The van der Waals surface area contributed by atoms with Gasteiger partial charge in [0.25, 0.3) is 0 Å². The summed E-state index contributed by atoms with van der Waals surface area (Å²) in [5, 5.41) is 22.1. The third-order valence-electron chi connectivity index (χ3n) is 5.20. The predicted molar refractivity (Wildman–Crippen MR) is 109 cm³/mol. The molecule has 2 aromatic rings. The van der Waals surface area contributed by atoms with E-state index in [0.717, 1.165) is 18.5 Å². The monoisotopic (exact) mass is 378 g/mol. The molecular formula is C22H26N4O2. The Hall–Kier alpha value is -2.88. The Morgan fingerprint density at radius 3 is 2.68 bits per heavy atom. The molecule has 1 aliphatic rings. The number of para-hydroxylation sites is 1. The van der Waals surface area contributed by atoms with Crippen LogP contribution in [-0.4, -0.2) is 60.1 Å². The maximum atomic E-state index is 12.9. The maximum Gasteiger partial charge on any atom is 0.242 e. The predicted octanol–water partition coefficient (Wildman–Crippen LogP) is 2.24. The second kappa shape index (κ2) is 9.36. The van der Waals surface area contributed by atoms with Crippen molar-refractivity contribution in [3.05, 3.63) is 65.7 Å². The fraction of sp³-hybridized carbons (Fsp3) is 0.364.